The van der Waals surface area contributed by atoms with Crippen molar-refractivity contribution < 1.29 is 4.39 Å². The van der Waals surface area contributed by atoms with Crippen molar-refractivity contribution in [3.05, 3.63) is 47.5 Å². The van der Waals surface area contributed by atoms with E-state index in [0.717, 1.165) is 17.8 Å². The standard InChI is InChI=1S/C14H16FN3/c15-11-3-5-13(6-4-11)18-14(10-1-2-10)9-12(17-18)7-8-16/h3-6,9-10H,1-2,7-8,16H2. The lowest BCUT2D eigenvalue weighted by Gasteiger charge is -2.06. The van der Waals surface area contributed by atoms with Crippen LogP contribution in [0.25, 0.3) is 5.69 Å². The van der Waals surface area contributed by atoms with Gasteiger partial charge in [0.2, 0.25) is 0 Å². The minimum Gasteiger partial charge on any atom is -0.330 e. The third-order valence-corrected chi connectivity index (χ3v) is 3.25. The van der Waals surface area contributed by atoms with E-state index >= 15 is 0 Å². The van der Waals surface area contributed by atoms with Crippen molar-refractivity contribution in [1.29, 1.82) is 0 Å². The van der Waals surface area contributed by atoms with Gasteiger partial charge in [-0.2, -0.15) is 5.10 Å². The monoisotopic (exact) mass is 245 g/mol. The molecule has 0 unspecified atom stereocenters. The van der Waals surface area contributed by atoms with E-state index in [0.29, 0.717) is 12.5 Å². The van der Waals surface area contributed by atoms with Crippen LogP contribution >= 0.6 is 0 Å². The lowest BCUT2D eigenvalue weighted by Crippen LogP contribution is -2.05. The van der Waals surface area contributed by atoms with Crippen LogP contribution in [0, 0.1) is 5.82 Å². The number of hydrogen-bond donors (Lipinski definition) is 1. The molecular formula is C14H16FN3. The second-order valence-corrected chi connectivity index (χ2v) is 4.76. The van der Waals surface area contributed by atoms with Crippen LogP contribution < -0.4 is 5.73 Å². The Morgan fingerprint density at radius 3 is 2.61 bits per heavy atom. The average molecular weight is 245 g/mol. The van der Waals surface area contributed by atoms with Crippen LogP contribution in [0.4, 0.5) is 4.39 Å². The SMILES string of the molecule is NCCc1cc(C2CC2)n(-c2ccc(F)cc2)n1. The third kappa shape index (κ3) is 2.16. The number of benzene rings is 1. The summed E-state index contributed by atoms with van der Waals surface area (Å²) in [5.74, 6) is 0.384. The van der Waals surface area contributed by atoms with E-state index in [4.69, 9.17) is 5.73 Å². The van der Waals surface area contributed by atoms with Gasteiger partial charge in [0, 0.05) is 18.0 Å². The number of hydrogen-bond acceptors (Lipinski definition) is 2. The number of nitrogens with zero attached hydrogens (tertiary/aromatic N) is 2. The highest BCUT2D eigenvalue weighted by Gasteiger charge is 2.28. The van der Waals surface area contributed by atoms with Gasteiger partial charge in [-0.1, -0.05) is 0 Å². The Bertz CT molecular complexity index is 541. The van der Waals surface area contributed by atoms with E-state index in [1.807, 2.05) is 4.68 Å². The molecule has 0 bridgehead atoms. The quantitative estimate of drug-likeness (QED) is 0.898. The smallest absolute Gasteiger partial charge is 0.123 e. The van der Waals surface area contributed by atoms with Crippen LogP contribution in [0.15, 0.2) is 30.3 Å². The predicted molar refractivity (Wildman–Crippen MR) is 68.3 cm³/mol. The molecule has 0 atom stereocenters. The van der Waals surface area contributed by atoms with Crippen LogP contribution in [0.1, 0.15) is 30.1 Å². The van der Waals surface area contributed by atoms with Gasteiger partial charge in [-0.3, -0.25) is 0 Å². The summed E-state index contributed by atoms with van der Waals surface area (Å²) < 4.78 is 14.9. The molecule has 3 rings (SSSR count). The summed E-state index contributed by atoms with van der Waals surface area (Å²) in [7, 11) is 0. The molecule has 4 heteroatoms. The minimum atomic E-state index is -0.221. The first-order chi connectivity index (χ1) is 8.78. The van der Waals surface area contributed by atoms with Crippen molar-refractivity contribution in [3.63, 3.8) is 0 Å². The normalized spacial score (nSPS) is 15.0. The van der Waals surface area contributed by atoms with Crippen molar-refractivity contribution in [3.8, 4) is 5.69 Å². The number of nitrogens with two attached hydrogens (primary N) is 1. The Kier molecular flexibility index (Phi) is 2.88. The minimum absolute atomic E-state index is 0.221. The molecule has 1 saturated carbocycles. The van der Waals surface area contributed by atoms with E-state index in [2.05, 4.69) is 11.2 Å². The van der Waals surface area contributed by atoms with Crippen LogP contribution in [-0.4, -0.2) is 16.3 Å². The summed E-state index contributed by atoms with van der Waals surface area (Å²) >= 11 is 0. The van der Waals surface area contributed by atoms with Crippen molar-refractivity contribution in [2.75, 3.05) is 6.54 Å². The molecule has 18 heavy (non-hydrogen) atoms. The van der Waals surface area contributed by atoms with Gasteiger partial charge >= 0.3 is 0 Å². The molecule has 1 heterocycles. The molecule has 0 spiro atoms. The largest absolute Gasteiger partial charge is 0.330 e. The fourth-order valence-corrected chi connectivity index (χ4v) is 2.18. The molecule has 3 nitrogen and oxygen atoms in total. The van der Waals surface area contributed by atoms with Gasteiger partial charge in [0.25, 0.3) is 0 Å². The van der Waals surface area contributed by atoms with E-state index in [-0.39, 0.29) is 5.82 Å². The molecular weight excluding hydrogens is 229 g/mol. The first-order valence-electron chi connectivity index (χ1n) is 6.33. The Hall–Kier alpha value is -1.68. The average Bonchev–Trinajstić information content (AvgIpc) is 3.13. The molecule has 2 aromatic rings. The van der Waals surface area contributed by atoms with Gasteiger partial charge in [-0.25, -0.2) is 9.07 Å². The molecule has 1 aliphatic rings. The van der Waals surface area contributed by atoms with Crippen LogP contribution in [0.3, 0.4) is 0 Å². The number of aromatic nitrogens is 2. The zero-order valence-electron chi connectivity index (χ0n) is 10.1. The molecule has 0 radical (unpaired) electrons. The highest BCUT2D eigenvalue weighted by molar-refractivity contribution is 5.36. The topological polar surface area (TPSA) is 43.8 Å². The number of rotatable bonds is 4. The van der Waals surface area contributed by atoms with Gasteiger partial charge < -0.3 is 5.73 Å². The Balaban J connectivity index is 2.00. The third-order valence-electron chi connectivity index (χ3n) is 3.25. The fraction of sp³-hybridized carbons (Fsp3) is 0.357. The van der Waals surface area contributed by atoms with Gasteiger partial charge in [0.05, 0.1) is 11.4 Å². The van der Waals surface area contributed by atoms with Crippen molar-refractivity contribution in [2.45, 2.75) is 25.2 Å². The van der Waals surface area contributed by atoms with Crippen molar-refractivity contribution in [1.82, 2.24) is 9.78 Å². The maximum atomic E-state index is 13.0. The summed E-state index contributed by atoms with van der Waals surface area (Å²) in [4.78, 5) is 0. The van der Waals surface area contributed by atoms with E-state index in [1.165, 1.54) is 30.7 Å². The zero-order valence-corrected chi connectivity index (χ0v) is 10.1. The molecule has 0 saturated heterocycles. The van der Waals surface area contributed by atoms with Crippen molar-refractivity contribution in [2.24, 2.45) is 5.73 Å². The summed E-state index contributed by atoms with van der Waals surface area (Å²) in [6.45, 7) is 0.602. The van der Waals surface area contributed by atoms with E-state index in [1.54, 1.807) is 12.1 Å². The lowest BCUT2D eigenvalue weighted by atomic mass is 10.2. The highest BCUT2D eigenvalue weighted by Crippen LogP contribution is 2.41. The predicted octanol–water partition coefficient (Wildman–Crippen LogP) is 2.39. The summed E-state index contributed by atoms with van der Waals surface area (Å²) in [5.41, 5.74) is 8.73. The van der Waals surface area contributed by atoms with Crippen LogP contribution in [0.2, 0.25) is 0 Å². The molecule has 94 valence electrons. The molecule has 2 N–H and O–H groups in total. The van der Waals surface area contributed by atoms with E-state index < -0.39 is 0 Å². The first kappa shape index (κ1) is 11.4. The zero-order chi connectivity index (χ0) is 12.5. The van der Waals surface area contributed by atoms with Crippen LogP contribution in [-0.2, 0) is 6.42 Å². The van der Waals surface area contributed by atoms with E-state index in [9.17, 15) is 4.39 Å². The Labute approximate surface area is 105 Å². The van der Waals surface area contributed by atoms with Gasteiger partial charge in [-0.05, 0) is 49.7 Å². The van der Waals surface area contributed by atoms with Gasteiger partial charge in [0.1, 0.15) is 5.82 Å². The molecule has 1 aromatic carbocycles. The number of halogens is 1. The first-order valence-corrected chi connectivity index (χ1v) is 6.33. The Morgan fingerprint density at radius 1 is 1.28 bits per heavy atom. The maximum absolute atomic E-state index is 13.0. The summed E-state index contributed by atoms with van der Waals surface area (Å²) in [6, 6.07) is 8.60. The second kappa shape index (κ2) is 4.53. The molecule has 1 aromatic heterocycles. The maximum Gasteiger partial charge on any atom is 0.123 e. The molecule has 1 fully saturated rings. The fourth-order valence-electron chi connectivity index (χ4n) is 2.18. The van der Waals surface area contributed by atoms with Crippen molar-refractivity contribution >= 4 is 0 Å². The Morgan fingerprint density at radius 2 is 2.00 bits per heavy atom. The van der Waals surface area contributed by atoms with Crippen LogP contribution in [0.5, 0.6) is 0 Å². The summed E-state index contributed by atoms with van der Waals surface area (Å²) in [6.07, 6.45) is 3.22. The summed E-state index contributed by atoms with van der Waals surface area (Å²) in [5, 5.41) is 4.58. The van der Waals surface area contributed by atoms with Gasteiger partial charge in [-0.15, -0.1) is 0 Å². The molecule has 0 amide bonds. The lowest BCUT2D eigenvalue weighted by molar-refractivity contribution is 0.626. The highest BCUT2D eigenvalue weighted by atomic mass is 19.1. The van der Waals surface area contributed by atoms with Gasteiger partial charge in [0.15, 0.2) is 0 Å². The second-order valence-electron chi connectivity index (χ2n) is 4.76. The molecule has 0 aliphatic heterocycles. The molecule has 1 aliphatic carbocycles.